The van der Waals surface area contributed by atoms with E-state index in [9.17, 15) is 0 Å². The van der Waals surface area contributed by atoms with Gasteiger partial charge in [-0.15, -0.1) is 0 Å². The van der Waals surface area contributed by atoms with Gasteiger partial charge >= 0.3 is 0 Å². The van der Waals surface area contributed by atoms with Gasteiger partial charge in [-0.2, -0.15) is 0 Å². The van der Waals surface area contributed by atoms with Crippen LogP contribution in [-0.2, 0) is 6.54 Å². The van der Waals surface area contributed by atoms with E-state index in [1.807, 2.05) is 12.4 Å². The first-order chi connectivity index (χ1) is 11.1. The Balaban J connectivity index is 1.67. The standard InChI is InChI=1S/C19H26N4/c1-15(2)19-20-11-16(12-21-19)13-23-10-9-22(3)18(14-23)17-7-5-4-6-8-17/h4-8,11-12,15,18H,9-10,13-14H2,1-3H3. The highest BCUT2D eigenvalue weighted by Crippen LogP contribution is 2.24. The van der Waals surface area contributed by atoms with Crippen LogP contribution in [0.4, 0.5) is 0 Å². The number of hydrogen-bond acceptors (Lipinski definition) is 4. The Hall–Kier alpha value is -1.78. The summed E-state index contributed by atoms with van der Waals surface area (Å²) in [6, 6.07) is 11.2. The van der Waals surface area contributed by atoms with Gasteiger partial charge in [0.15, 0.2) is 0 Å². The average Bonchev–Trinajstić information content (AvgIpc) is 2.58. The van der Waals surface area contributed by atoms with Crippen molar-refractivity contribution < 1.29 is 0 Å². The molecule has 122 valence electrons. The van der Waals surface area contributed by atoms with E-state index in [1.54, 1.807) is 0 Å². The summed E-state index contributed by atoms with van der Waals surface area (Å²) in [4.78, 5) is 13.9. The van der Waals surface area contributed by atoms with Crippen molar-refractivity contribution in [2.75, 3.05) is 26.7 Å². The monoisotopic (exact) mass is 310 g/mol. The molecule has 0 spiro atoms. The largest absolute Gasteiger partial charge is 0.297 e. The first-order valence-electron chi connectivity index (χ1n) is 8.42. The van der Waals surface area contributed by atoms with Gasteiger partial charge in [-0.05, 0) is 12.6 Å². The number of nitrogens with zero attached hydrogens (tertiary/aromatic N) is 4. The van der Waals surface area contributed by atoms with Crippen LogP contribution < -0.4 is 0 Å². The summed E-state index contributed by atoms with van der Waals surface area (Å²) in [6.45, 7) is 8.40. The number of aromatic nitrogens is 2. The van der Waals surface area contributed by atoms with E-state index in [0.29, 0.717) is 12.0 Å². The zero-order chi connectivity index (χ0) is 16.2. The van der Waals surface area contributed by atoms with Gasteiger partial charge in [0.25, 0.3) is 0 Å². The first-order valence-corrected chi connectivity index (χ1v) is 8.42. The molecule has 0 saturated carbocycles. The Morgan fingerprint density at radius 3 is 2.43 bits per heavy atom. The van der Waals surface area contributed by atoms with Gasteiger partial charge in [0, 0.05) is 56.1 Å². The zero-order valence-corrected chi connectivity index (χ0v) is 14.3. The van der Waals surface area contributed by atoms with Crippen molar-refractivity contribution in [3.8, 4) is 0 Å². The molecule has 0 radical (unpaired) electrons. The Morgan fingerprint density at radius 1 is 1.09 bits per heavy atom. The van der Waals surface area contributed by atoms with Crippen LogP contribution in [0, 0.1) is 0 Å². The van der Waals surface area contributed by atoms with Crippen LogP contribution >= 0.6 is 0 Å². The quantitative estimate of drug-likeness (QED) is 0.868. The molecule has 0 amide bonds. The van der Waals surface area contributed by atoms with Crippen molar-refractivity contribution in [2.45, 2.75) is 32.4 Å². The minimum Gasteiger partial charge on any atom is -0.297 e. The Kier molecular flexibility index (Phi) is 5.03. The van der Waals surface area contributed by atoms with Crippen molar-refractivity contribution in [3.63, 3.8) is 0 Å². The molecule has 1 unspecified atom stereocenters. The Labute approximate surface area is 139 Å². The van der Waals surface area contributed by atoms with E-state index in [4.69, 9.17) is 0 Å². The van der Waals surface area contributed by atoms with E-state index in [-0.39, 0.29) is 0 Å². The molecule has 3 rings (SSSR count). The fraction of sp³-hybridized carbons (Fsp3) is 0.474. The van der Waals surface area contributed by atoms with E-state index >= 15 is 0 Å². The smallest absolute Gasteiger partial charge is 0.130 e. The van der Waals surface area contributed by atoms with Crippen LogP contribution in [0.3, 0.4) is 0 Å². The van der Waals surface area contributed by atoms with E-state index in [1.165, 1.54) is 11.1 Å². The van der Waals surface area contributed by atoms with E-state index in [2.05, 4.69) is 71.0 Å². The van der Waals surface area contributed by atoms with Crippen LogP contribution in [0.25, 0.3) is 0 Å². The first kappa shape index (κ1) is 16.1. The van der Waals surface area contributed by atoms with Crippen LogP contribution in [0.5, 0.6) is 0 Å². The number of piperazine rings is 1. The second-order valence-corrected chi connectivity index (χ2v) is 6.75. The molecule has 1 aliphatic rings. The van der Waals surface area contributed by atoms with Crippen LogP contribution in [0.2, 0.25) is 0 Å². The lowest BCUT2D eigenvalue weighted by Crippen LogP contribution is -2.46. The molecule has 1 aromatic heterocycles. The summed E-state index contributed by atoms with van der Waals surface area (Å²) in [5.74, 6) is 1.31. The van der Waals surface area contributed by atoms with E-state index in [0.717, 1.165) is 32.0 Å². The van der Waals surface area contributed by atoms with Crippen molar-refractivity contribution in [3.05, 3.63) is 59.7 Å². The summed E-state index contributed by atoms with van der Waals surface area (Å²) in [5, 5.41) is 0. The van der Waals surface area contributed by atoms with Gasteiger partial charge in [0.05, 0.1) is 0 Å². The maximum Gasteiger partial charge on any atom is 0.130 e. The number of likely N-dealkylation sites (N-methyl/N-ethyl adjacent to an activating group) is 1. The van der Waals surface area contributed by atoms with Crippen molar-refractivity contribution in [1.82, 2.24) is 19.8 Å². The highest BCUT2D eigenvalue weighted by atomic mass is 15.3. The highest BCUT2D eigenvalue weighted by Gasteiger charge is 2.25. The van der Waals surface area contributed by atoms with Gasteiger partial charge < -0.3 is 0 Å². The third kappa shape index (κ3) is 3.95. The third-order valence-electron chi connectivity index (χ3n) is 4.56. The lowest BCUT2D eigenvalue weighted by Gasteiger charge is -2.39. The van der Waals surface area contributed by atoms with Crippen LogP contribution in [-0.4, -0.2) is 46.4 Å². The molecule has 1 atom stereocenters. The average molecular weight is 310 g/mol. The van der Waals surface area contributed by atoms with Gasteiger partial charge in [-0.3, -0.25) is 9.80 Å². The Bertz CT molecular complexity index is 609. The molecule has 4 nitrogen and oxygen atoms in total. The minimum atomic E-state index is 0.384. The fourth-order valence-corrected chi connectivity index (χ4v) is 3.11. The topological polar surface area (TPSA) is 32.3 Å². The molecule has 1 aromatic carbocycles. The summed E-state index contributed by atoms with van der Waals surface area (Å²) < 4.78 is 0. The normalized spacial score (nSPS) is 20.1. The third-order valence-corrected chi connectivity index (χ3v) is 4.56. The van der Waals surface area contributed by atoms with Gasteiger partial charge in [0.2, 0.25) is 0 Å². The van der Waals surface area contributed by atoms with Crippen LogP contribution in [0.15, 0.2) is 42.7 Å². The Morgan fingerprint density at radius 2 is 1.78 bits per heavy atom. The molecule has 1 fully saturated rings. The van der Waals surface area contributed by atoms with Gasteiger partial charge in [0.1, 0.15) is 5.82 Å². The number of hydrogen-bond donors (Lipinski definition) is 0. The second-order valence-electron chi connectivity index (χ2n) is 6.75. The summed E-state index contributed by atoms with van der Waals surface area (Å²) >= 11 is 0. The maximum atomic E-state index is 4.49. The molecule has 0 N–H and O–H groups in total. The van der Waals surface area contributed by atoms with Gasteiger partial charge in [-0.1, -0.05) is 44.2 Å². The molecule has 0 bridgehead atoms. The molecule has 1 saturated heterocycles. The number of rotatable bonds is 4. The lowest BCUT2D eigenvalue weighted by molar-refractivity contribution is 0.0903. The summed E-state index contributed by atoms with van der Waals surface area (Å²) in [6.07, 6.45) is 3.97. The molecule has 1 aliphatic heterocycles. The molecule has 2 heterocycles. The van der Waals surface area contributed by atoms with E-state index < -0.39 is 0 Å². The number of benzene rings is 1. The molecule has 4 heteroatoms. The SMILES string of the molecule is CC(C)c1ncc(CN2CCN(C)C(c3ccccc3)C2)cn1. The molecule has 2 aromatic rings. The second kappa shape index (κ2) is 7.20. The fourth-order valence-electron chi connectivity index (χ4n) is 3.11. The zero-order valence-electron chi connectivity index (χ0n) is 14.3. The summed E-state index contributed by atoms with van der Waals surface area (Å²) in [7, 11) is 2.22. The summed E-state index contributed by atoms with van der Waals surface area (Å²) in [5.41, 5.74) is 2.59. The highest BCUT2D eigenvalue weighted by molar-refractivity contribution is 5.20. The predicted molar refractivity (Wildman–Crippen MR) is 93.2 cm³/mol. The molecular weight excluding hydrogens is 284 g/mol. The predicted octanol–water partition coefficient (Wildman–Crippen LogP) is 3.09. The van der Waals surface area contributed by atoms with Crippen molar-refractivity contribution in [2.24, 2.45) is 0 Å². The molecule has 23 heavy (non-hydrogen) atoms. The molecular formula is C19H26N4. The lowest BCUT2D eigenvalue weighted by atomic mass is 10.0. The maximum absolute atomic E-state index is 4.49. The molecule has 0 aliphatic carbocycles. The van der Waals surface area contributed by atoms with Crippen LogP contribution in [0.1, 0.15) is 42.8 Å². The van der Waals surface area contributed by atoms with Crippen molar-refractivity contribution >= 4 is 0 Å². The van der Waals surface area contributed by atoms with Gasteiger partial charge in [-0.25, -0.2) is 9.97 Å². The minimum absolute atomic E-state index is 0.384. The van der Waals surface area contributed by atoms with Crippen molar-refractivity contribution in [1.29, 1.82) is 0 Å².